The fourth-order valence-electron chi connectivity index (χ4n) is 3.01. The molecule has 0 aromatic heterocycles. The summed E-state index contributed by atoms with van der Waals surface area (Å²) in [6, 6.07) is 0. The highest BCUT2D eigenvalue weighted by molar-refractivity contribution is 5.78. The molecular weight excluding hydrogens is 278 g/mol. The molecule has 0 unspecified atom stereocenters. The van der Waals surface area contributed by atoms with Gasteiger partial charge in [0.05, 0.1) is 13.1 Å². The van der Waals surface area contributed by atoms with E-state index in [2.05, 4.69) is 28.3 Å². The lowest BCUT2D eigenvalue weighted by Gasteiger charge is -2.22. The monoisotopic (exact) mass is 303 g/mol. The Morgan fingerprint density at radius 3 is 2.86 bits per heavy atom. The molecule has 1 aliphatic heterocycles. The zero-order chi connectivity index (χ0) is 15.8. The Hall–Kier alpha value is -1.80. The van der Waals surface area contributed by atoms with Crippen LogP contribution in [0, 0.1) is 18.3 Å². The van der Waals surface area contributed by atoms with E-state index in [1.54, 1.807) is 0 Å². The van der Waals surface area contributed by atoms with Crippen molar-refractivity contribution < 1.29 is 9.59 Å². The lowest BCUT2D eigenvalue weighted by Crippen LogP contribution is -2.40. The lowest BCUT2D eigenvalue weighted by molar-refractivity contribution is -0.131. The fraction of sp³-hybridized carbons (Fsp3) is 0.647. The quantitative estimate of drug-likeness (QED) is 0.598. The van der Waals surface area contributed by atoms with Crippen LogP contribution >= 0.6 is 0 Å². The van der Waals surface area contributed by atoms with Crippen molar-refractivity contribution in [2.45, 2.75) is 25.7 Å². The first kappa shape index (κ1) is 16.6. The minimum absolute atomic E-state index is 0.0474. The Balaban J connectivity index is 1.74. The third-order valence-electron chi connectivity index (χ3n) is 4.25. The predicted octanol–water partition coefficient (Wildman–Crippen LogP) is 0.626. The average Bonchev–Trinajstić information content (AvgIpc) is 2.89. The van der Waals surface area contributed by atoms with Crippen molar-refractivity contribution in [1.82, 2.24) is 15.1 Å². The van der Waals surface area contributed by atoms with Crippen LogP contribution in [0.3, 0.4) is 0 Å². The van der Waals surface area contributed by atoms with Crippen molar-refractivity contribution in [2.24, 2.45) is 5.92 Å². The maximum atomic E-state index is 12.3. The summed E-state index contributed by atoms with van der Waals surface area (Å²) in [5, 5.41) is 2.68. The molecule has 1 N–H and O–H groups in total. The lowest BCUT2D eigenvalue weighted by atomic mass is 10.0. The molecule has 5 heteroatoms. The second kappa shape index (κ2) is 8.60. The summed E-state index contributed by atoms with van der Waals surface area (Å²) in [6.45, 7) is 3.71. The van der Waals surface area contributed by atoms with Gasteiger partial charge < -0.3 is 10.2 Å². The number of carbonyl (C=O) groups excluding carboxylic acids is 2. The predicted molar refractivity (Wildman–Crippen MR) is 86.0 cm³/mol. The van der Waals surface area contributed by atoms with Crippen LogP contribution in [0.4, 0.5) is 0 Å². The summed E-state index contributed by atoms with van der Waals surface area (Å²) in [6.07, 6.45) is 13.2. The van der Waals surface area contributed by atoms with Crippen LogP contribution in [-0.4, -0.2) is 60.9 Å². The van der Waals surface area contributed by atoms with Gasteiger partial charge in [0, 0.05) is 32.6 Å². The molecule has 0 aromatic rings. The van der Waals surface area contributed by atoms with E-state index < -0.39 is 0 Å². The maximum Gasteiger partial charge on any atom is 0.234 e. The third kappa shape index (κ3) is 5.19. The molecule has 1 atom stereocenters. The van der Waals surface area contributed by atoms with Gasteiger partial charge in [-0.05, 0) is 25.2 Å². The third-order valence-corrected chi connectivity index (χ3v) is 4.25. The molecule has 1 heterocycles. The average molecular weight is 303 g/mol. The van der Waals surface area contributed by atoms with Crippen LogP contribution < -0.4 is 5.32 Å². The van der Waals surface area contributed by atoms with Crippen LogP contribution in [0.1, 0.15) is 25.7 Å². The van der Waals surface area contributed by atoms with Crippen LogP contribution in [0.5, 0.6) is 0 Å². The van der Waals surface area contributed by atoms with E-state index in [0.29, 0.717) is 25.4 Å². The first-order chi connectivity index (χ1) is 10.7. The van der Waals surface area contributed by atoms with E-state index in [1.165, 1.54) is 0 Å². The largest absolute Gasteiger partial charge is 0.344 e. The molecule has 2 aliphatic rings. The number of hydrogen-bond acceptors (Lipinski definition) is 3. The summed E-state index contributed by atoms with van der Waals surface area (Å²) in [5.74, 6) is 3.01. The number of nitrogens with one attached hydrogen (secondary N) is 1. The number of nitrogens with zero attached hydrogens (tertiary/aromatic N) is 2. The van der Waals surface area contributed by atoms with E-state index >= 15 is 0 Å². The number of rotatable bonds is 5. The van der Waals surface area contributed by atoms with Crippen LogP contribution in [0.2, 0.25) is 0 Å². The summed E-state index contributed by atoms with van der Waals surface area (Å²) in [4.78, 5) is 28.1. The topological polar surface area (TPSA) is 52.7 Å². The Bertz CT molecular complexity index is 467. The number of carbonyl (C=O) groups is 2. The normalized spacial score (nSPS) is 22.1. The molecule has 0 radical (unpaired) electrons. The highest BCUT2D eigenvalue weighted by Crippen LogP contribution is 2.21. The van der Waals surface area contributed by atoms with Crippen LogP contribution in [-0.2, 0) is 9.59 Å². The molecule has 1 saturated heterocycles. The van der Waals surface area contributed by atoms with Crippen LogP contribution in [0.15, 0.2) is 12.2 Å². The van der Waals surface area contributed by atoms with Gasteiger partial charge in [-0.1, -0.05) is 18.1 Å². The van der Waals surface area contributed by atoms with Crippen LogP contribution in [0.25, 0.3) is 0 Å². The van der Waals surface area contributed by atoms with E-state index in [-0.39, 0.29) is 18.4 Å². The van der Waals surface area contributed by atoms with Gasteiger partial charge >= 0.3 is 0 Å². The number of allylic oxidation sites excluding steroid dienone is 2. The number of amides is 2. The molecule has 2 rings (SSSR count). The Morgan fingerprint density at radius 1 is 1.27 bits per heavy atom. The SMILES string of the molecule is C#CCNC(=O)CN1CCCN(C(=O)C[C@@H]2C=CCC2)CC1. The molecule has 5 nitrogen and oxygen atoms in total. The summed E-state index contributed by atoms with van der Waals surface area (Å²) in [5.41, 5.74) is 0. The molecule has 2 amide bonds. The molecule has 0 spiro atoms. The van der Waals surface area contributed by atoms with E-state index in [1.807, 2.05) is 4.90 Å². The Kier molecular flexibility index (Phi) is 6.47. The maximum absolute atomic E-state index is 12.3. The standard InChI is InChI=1S/C17H25N3O2/c1-2-8-18-16(21)14-19-9-5-10-20(12-11-19)17(22)13-15-6-3-4-7-15/h1,3,6,15H,4-5,7-14H2,(H,18,21)/t15-/m1/s1. The van der Waals surface area contributed by atoms with Gasteiger partial charge in [-0.25, -0.2) is 0 Å². The van der Waals surface area contributed by atoms with Crippen molar-refractivity contribution >= 4 is 11.8 Å². The Labute approximate surface area is 132 Å². The van der Waals surface area contributed by atoms with Crippen molar-refractivity contribution in [3.63, 3.8) is 0 Å². The van der Waals surface area contributed by atoms with Crippen molar-refractivity contribution in [2.75, 3.05) is 39.3 Å². The van der Waals surface area contributed by atoms with Gasteiger partial charge in [-0.15, -0.1) is 6.42 Å². The summed E-state index contributed by atoms with van der Waals surface area (Å²) < 4.78 is 0. The van der Waals surface area contributed by atoms with Gasteiger partial charge in [-0.2, -0.15) is 0 Å². The highest BCUT2D eigenvalue weighted by Gasteiger charge is 2.22. The number of terminal acetylenes is 1. The van der Waals surface area contributed by atoms with E-state index in [4.69, 9.17) is 6.42 Å². The molecular formula is C17H25N3O2. The molecule has 1 aliphatic carbocycles. The molecule has 22 heavy (non-hydrogen) atoms. The molecule has 0 bridgehead atoms. The second-order valence-electron chi connectivity index (χ2n) is 5.96. The van der Waals surface area contributed by atoms with E-state index in [9.17, 15) is 9.59 Å². The zero-order valence-electron chi connectivity index (χ0n) is 13.1. The second-order valence-corrected chi connectivity index (χ2v) is 5.96. The molecule has 1 fully saturated rings. The first-order valence-corrected chi connectivity index (χ1v) is 8.06. The smallest absolute Gasteiger partial charge is 0.234 e. The number of hydrogen-bond donors (Lipinski definition) is 1. The van der Waals surface area contributed by atoms with Gasteiger partial charge in [-0.3, -0.25) is 14.5 Å². The van der Waals surface area contributed by atoms with Gasteiger partial charge in [0.25, 0.3) is 0 Å². The van der Waals surface area contributed by atoms with Crippen molar-refractivity contribution in [3.8, 4) is 12.3 Å². The molecule has 0 saturated carbocycles. The zero-order valence-corrected chi connectivity index (χ0v) is 13.1. The minimum Gasteiger partial charge on any atom is -0.344 e. The molecule has 120 valence electrons. The van der Waals surface area contributed by atoms with Gasteiger partial charge in [0.1, 0.15) is 0 Å². The highest BCUT2D eigenvalue weighted by atomic mass is 16.2. The van der Waals surface area contributed by atoms with E-state index in [0.717, 1.165) is 38.9 Å². The summed E-state index contributed by atoms with van der Waals surface area (Å²) in [7, 11) is 0. The Morgan fingerprint density at radius 2 is 2.14 bits per heavy atom. The van der Waals surface area contributed by atoms with Crippen molar-refractivity contribution in [1.29, 1.82) is 0 Å². The first-order valence-electron chi connectivity index (χ1n) is 8.06. The van der Waals surface area contributed by atoms with Gasteiger partial charge in [0.15, 0.2) is 0 Å². The van der Waals surface area contributed by atoms with Crippen molar-refractivity contribution in [3.05, 3.63) is 12.2 Å². The minimum atomic E-state index is -0.0474. The fourth-order valence-corrected chi connectivity index (χ4v) is 3.01. The molecule has 0 aromatic carbocycles. The van der Waals surface area contributed by atoms with Gasteiger partial charge in [0.2, 0.25) is 11.8 Å². The summed E-state index contributed by atoms with van der Waals surface area (Å²) >= 11 is 0.